The molecule has 0 unspecified atom stereocenters. The topological polar surface area (TPSA) is 23.8 Å². The summed E-state index contributed by atoms with van der Waals surface area (Å²) in [6.07, 6.45) is 0. The van der Waals surface area contributed by atoms with Crippen LogP contribution >= 0.6 is 11.6 Å². The summed E-state index contributed by atoms with van der Waals surface area (Å²) in [6, 6.07) is 1.83. The lowest BCUT2D eigenvalue weighted by Crippen LogP contribution is -1.94. The Kier molecular flexibility index (Phi) is 2.25. The molecule has 62 valence electrons. The minimum atomic E-state index is -1.53. The number of hydrogen-bond donors (Lipinski definition) is 0. The van der Waals surface area contributed by atoms with Crippen LogP contribution in [0.2, 0.25) is 5.02 Å². The second kappa shape index (κ2) is 3.03. The molecule has 0 bridgehead atoms. The highest BCUT2D eigenvalue weighted by Gasteiger charge is 2.16. The lowest BCUT2D eigenvalue weighted by Gasteiger charge is -1.98. The van der Waals surface area contributed by atoms with Crippen molar-refractivity contribution in [1.29, 1.82) is 5.26 Å². The molecule has 1 nitrogen and oxygen atoms in total. The van der Waals surface area contributed by atoms with Crippen LogP contribution in [-0.2, 0) is 0 Å². The van der Waals surface area contributed by atoms with E-state index >= 15 is 0 Å². The fourth-order valence-electron chi connectivity index (χ4n) is 0.654. The first-order chi connectivity index (χ1) is 5.57. The second-order valence-corrected chi connectivity index (χ2v) is 2.34. The third-order valence-corrected chi connectivity index (χ3v) is 1.57. The van der Waals surface area contributed by atoms with Gasteiger partial charge in [-0.05, 0) is 6.07 Å². The van der Waals surface area contributed by atoms with Gasteiger partial charge in [-0.25, -0.2) is 13.2 Å². The highest BCUT2D eigenvalue weighted by Crippen LogP contribution is 2.23. The predicted octanol–water partition coefficient (Wildman–Crippen LogP) is 2.63. The van der Waals surface area contributed by atoms with E-state index in [0.29, 0.717) is 6.07 Å². The molecule has 0 amide bonds. The van der Waals surface area contributed by atoms with Gasteiger partial charge >= 0.3 is 0 Å². The van der Waals surface area contributed by atoms with Crippen molar-refractivity contribution in [2.45, 2.75) is 0 Å². The van der Waals surface area contributed by atoms with Gasteiger partial charge in [-0.2, -0.15) is 5.26 Å². The molecule has 5 heteroatoms. The lowest BCUT2D eigenvalue weighted by molar-refractivity contribution is 0.493. The molecule has 0 heterocycles. The van der Waals surface area contributed by atoms with Gasteiger partial charge in [0.25, 0.3) is 0 Å². The molecule has 0 aromatic heterocycles. The normalized spacial score (nSPS) is 9.58. The quantitative estimate of drug-likeness (QED) is 0.457. The van der Waals surface area contributed by atoms with E-state index in [9.17, 15) is 13.2 Å². The number of benzene rings is 1. The minimum absolute atomic E-state index is 0.542. The van der Waals surface area contributed by atoms with Crippen molar-refractivity contribution >= 4 is 11.6 Å². The van der Waals surface area contributed by atoms with E-state index in [-0.39, 0.29) is 0 Å². The summed E-state index contributed by atoms with van der Waals surface area (Å²) in [7, 11) is 0. The van der Waals surface area contributed by atoms with Crippen LogP contribution in [0, 0.1) is 28.8 Å². The maximum absolute atomic E-state index is 12.6. The maximum atomic E-state index is 12.6. The third kappa shape index (κ3) is 1.23. The summed E-state index contributed by atoms with van der Waals surface area (Å²) < 4.78 is 37.7. The Morgan fingerprint density at radius 3 is 2.33 bits per heavy atom. The molecule has 1 rings (SSSR count). The first-order valence-corrected chi connectivity index (χ1v) is 3.18. The summed E-state index contributed by atoms with van der Waals surface area (Å²) in [5, 5.41) is 7.25. The highest BCUT2D eigenvalue weighted by molar-refractivity contribution is 6.30. The highest BCUT2D eigenvalue weighted by atomic mass is 35.5. The Morgan fingerprint density at radius 1 is 1.25 bits per heavy atom. The average molecular weight is 192 g/mol. The summed E-state index contributed by atoms with van der Waals surface area (Å²) >= 11 is 5.01. The minimum Gasteiger partial charge on any atom is -0.205 e. The van der Waals surface area contributed by atoms with Crippen LogP contribution in [0.5, 0.6) is 0 Å². The first kappa shape index (κ1) is 8.88. The standard InChI is InChI=1S/C7HClF3N/c8-5-4(9)1-3(2-12)6(10)7(5)11/h1H. The van der Waals surface area contributed by atoms with Crippen LogP contribution in [0.25, 0.3) is 0 Å². The van der Waals surface area contributed by atoms with Crippen molar-refractivity contribution < 1.29 is 13.2 Å². The van der Waals surface area contributed by atoms with Gasteiger partial charge in [0.15, 0.2) is 11.6 Å². The van der Waals surface area contributed by atoms with Crippen molar-refractivity contribution in [3.63, 3.8) is 0 Å². The van der Waals surface area contributed by atoms with Gasteiger partial charge in [0.05, 0.1) is 5.56 Å². The molecule has 0 N–H and O–H groups in total. The molecule has 0 aliphatic heterocycles. The Balaban J connectivity index is 3.52. The molecular formula is C7HClF3N. The van der Waals surface area contributed by atoms with E-state index in [2.05, 4.69) is 0 Å². The van der Waals surface area contributed by atoms with Crippen molar-refractivity contribution in [1.82, 2.24) is 0 Å². The van der Waals surface area contributed by atoms with Crippen LogP contribution in [0.3, 0.4) is 0 Å². The van der Waals surface area contributed by atoms with Crippen LogP contribution < -0.4 is 0 Å². The summed E-state index contributed by atoms with van der Waals surface area (Å²) in [4.78, 5) is 0. The van der Waals surface area contributed by atoms with Gasteiger partial charge in [-0.15, -0.1) is 0 Å². The average Bonchev–Trinajstić information content (AvgIpc) is 2.08. The van der Waals surface area contributed by atoms with Gasteiger partial charge in [-0.1, -0.05) is 11.6 Å². The molecule has 0 aliphatic carbocycles. The molecule has 0 atom stereocenters. The monoisotopic (exact) mass is 191 g/mol. The predicted molar refractivity (Wildman–Crippen MR) is 36.0 cm³/mol. The SMILES string of the molecule is N#Cc1cc(F)c(Cl)c(F)c1F. The van der Waals surface area contributed by atoms with Crippen LogP contribution in [0.1, 0.15) is 5.56 Å². The zero-order valence-electron chi connectivity index (χ0n) is 5.54. The lowest BCUT2D eigenvalue weighted by atomic mass is 10.2. The van der Waals surface area contributed by atoms with Gasteiger partial charge in [-0.3, -0.25) is 0 Å². The Bertz CT molecular complexity index is 370. The zero-order chi connectivity index (χ0) is 9.30. The molecule has 1 aromatic carbocycles. The molecule has 0 saturated heterocycles. The second-order valence-electron chi connectivity index (χ2n) is 1.96. The number of nitrogens with zero attached hydrogens (tertiary/aromatic N) is 1. The van der Waals surface area contributed by atoms with Crippen molar-refractivity contribution in [3.05, 3.63) is 34.1 Å². The van der Waals surface area contributed by atoms with E-state index in [0.717, 1.165) is 0 Å². The van der Waals surface area contributed by atoms with Gasteiger partial charge in [0, 0.05) is 0 Å². The molecule has 0 aliphatic rings. The summed E-state index contributed by atoms with van der Waals surface area (Å²) in [5.74, 6) is -4.11. The van der Waals surface area contributed by atoms with E-state index in [1.165, 1.54) is 6.07 Å². The van der Waals surface area contributed by atoms with Crippen LogP contribution in [0.15, 0.2) is 6.07 Å². The smallest absolute Gasteiger partial charge is 0.181 e. The fraction of sp³-hybridized carbons (Fsp3) is 0. The number of hydrogen-bond acceptors (Lipinski definition) is 1. The summed E-state index contributed by atoms with van der Waals surface area (Å²) in [6.45, 7) is 0. The summed E-state index contributed by atoms with van der Waals surface area (Å²) in [5.41, 5.74) is -0.700. The molecule has 0 fully saturated rings. The molecule has 0 radical (unpaired) electrons. The molecule has 12 heavy (non-hydrogen) atoms. The Labute approximate surface area is 71.0 Å². The fourth-order valence-corrected chi connectivity index (χ4v) is 0.792. The van der Waals surface area contributed by atoms with Gasteiger partial charge in [0.2, 0.25) is 0 Å². The molecule has 0 spiro atoms. The van der Waals surface area contributed by atoms with Crippen molar-refractivity contribution in [3.8, 4) is 6.07 Å². The van der Waals surface area contributed by atoms with E-state index in [1.54, 1.807) is 0 Å². The first-order valence-electron chi connectivity index (χ1n) is 2.81. The Hall–Kier alpha value is -1.21. The number of nitriles is 1. The maximum Gasteiger partial charge on any atom is 0.181 e. The molecule has 1 aromatic rings. The van der Waals surface area contributed by atoms with Crippen molar-refractivity contribution in [2.24, 2.45) is 0 Å². The van der Waals surface area contributed by atoms with E-state index in [4.69, 9.17) is 16.9 Å². The van der Waals surface area contributed by atoms with Crippen molar-refractivity contribution in [2.75, 3.05) is 0 Å². The third-order valence-electron chi connectivity index (χ3n) is 1.22. The zero-order valence-corrected chi connectivity index (χ0v) is 6.29. The van der Waals surface area contributed by atoms with E-state index in [1.807, 2.05) is 0 Å². The van der Waals surface area contributed by atoms with Gasteiger partial charge < -0.3 is 0 Å². The molecular weight excluding hydrogens is 191 g/mol. The number of rotatable bonds is 0. The van der Waals surface area contributed by atoms with E-state index < -0.39 is 28.0 Å². The van der Waals surface area contributed by atoms with Gasteiger partial charge in [0.1, 0.15) is 16.9 Å². The van der Waals surface area contributed by atoms with Crippen LogP contribution in [0.4, 0.5) is 13.2 Å². The number of halogens is 4. The Morgan fingerprint density at radius 2 is 1.83 bits per heavy atom. The van der Waals surface area contributed by atoms with Crippen LogP contribution in [-0.4, -0.2) is 0 Å². The largest absolute Gasteiger partial charge is 0.205 e. The molecule has 0 saturated carbocycles.